The summed E-state index contributed by atoms with van der Waals surface area (Å²) in [5, 5.41) is 2.68. The van der Waals surface area contributed by atoms with Crippen LogP contribution in [0.3, 0.4) is 0 Å². The number of hydrogen-bond donors (Lipinski definition) is 3. The average Bonchev–Trinajstić information content (AvgIpc) is 2.64. The fourth-order valence-electron chi connectivity index (χ4n) is 1.92. The first-order valence-electron chi connectivity index (χ1n) is 7.89. The maximum atomic E-state index is 11.8. The van der Waals surface area contributed by atoms with Crippen LogP contribution in [0.2, 0.25) is 5.02 Å². The molecule has 0 heterocycles. The van der Waals surface area contributed by atoms with Crippen molar-refractivity contribution in [2.75, 3.05) is 13.2 Å². The summed E-state index contributed by atoms with van der Waals surface area (Å²) in [4.78, 5) is 23.5. The summed E-state index contributed by atoms with van der Waals surface area (Å²) >= 11 is 10.8. The molecule has 2 amide bonds. The summed E-state index contributed by atoms with van der Waals surface area (Å²) in [5.41, 5.74) is 5.75. The van der Waals surface area contributed by atoms with Crippen LogP contribution in [0.1, 0.15) is 5.56 Å². The standard InChI is InChI=1S/C18H18ClN3O4S/c1-12-5-4-6-13(9-12)25-11-17(24)21-22-18(27)20-16(23)10-26-15-8-3-2-7-14(15)19/h2-9H,10-11H2,1H3,(H,21,24)(H2,20,22,23,27). The number of thiocarbonyl (C=S) groups is 1. The van der Waals surface area contributed by atoms with Crippen molar-refractivity contribution in [2.24, 2.45) is 0 Å². The number of rotatable bonds is 6. The quantitative estimate of drug-likeness (QED) is 0.502. The van der Waals surface area contributed by atoms with Crippen LogP contribution < -0.4 is 25.6 Å². The maximum Gasteiger partial charge on any atom is 0.276 e. The summed E-state index contributed by atoms with van der Waals surface area (Å²) in [6, 6.07) is 14.1. The molecule has 2 aromatic carbocycles. The molecule has 0 spiro atoms. The molecule has 0 fully saturated rings. The fraction of sp³-hybridized carbons (Fsp3) is 0.167. The Kier molecular flexibility index (Phi) is 7.84. The van der Waals surface area contributed by atoms with Crippen molar-refractivity contribution in [3.63, 3.8) is 0 Å². The van der Waals surface area contributed by atoms with Crippen LogP contribution in [0.4, 0.5) is 0 Å². The van der Waals surface area contributed by atoms with Gasteiger partial charge in [0.25, 0.3) is 11.8 Å². The van der Waals surface area contributed by atoms with Crippen LogP contribution in [0.5, 0.6) is 11.5 Å². The minimum Gasteiger partial charge on any atom is -0.484 e. The van der Waals surface area contributed by atoms with E-state index in [1.165, 1.54) is 0 Å². The molecule has 27 heavy (non-hydrogen) atoms. The van der Waals surface area contributed by atoms with Crippen LogP contribution in [0.25, 0.3) is 0 Å². The van der Waals surface area contributed by atoms with Gasteiger partial charge in [0.2, 0.25) is 0 Å². The van der Waals surface area contributed by atoms with Gasteiger partial charge in [0.15, 0.2) is 18.3 Å². The second-order valence-corrected chi connectivity index (χ2v) is 6.19. The Labute approximate surface area is 167 Å². The molecule has 2 aromatic rings. The smallest absolute Gasteiger partial charge is 0.276 e. The number of nitrogens with one attached hydrogen (secondary N) is 3. The van der Waals surface area contributed by atoms with E-state index in [0.717, 1.165) is 5.56 Å². The van der Waals surface area contributed by atoms with Crippen LogP contribution in [0.15, 0.2) is 48.5 Å². The summed E-state index contributed by atoms with van der Waals surface area (Å²) in [7, 11) is 0. The van der Waals surface area contributed by atoms with Gasteiger partial charge in [-0.05, 0) is 49.0 Å². The first-order chi connectivity index (χ1) is 12.9. The Morgan fingerprint density at radius 3 is 2.48 bits per heavy atom. The summed E-state index contributed by atoms with van der Waals surface area (Å²) in [6.45, 7) is 1.43. The fourth-order valence-corrected chi connectivity index (χ4v) is 2.27. The predicted molar refractivity (Wildman–Crippen MR) is 106 cm³/mol. The summed E-state index contributed by atoms with van der Waals surface area (Å²) in [5.74, 6) is 0.00523. The van der Waals surface area contributed by atoms with E-state index in [1.54, 1.807) is 30.3 Å². The van der Waals surface area contributed by atoms with E-state index < -0.39 is 11.8 Å². The average molecular weight is 408 g/mol. The number of halogens is 1. The van der Waals surface area contributed by atoms with Crippen LogP contribution in [-0.4, -0.2) is 30.1 Å². The lowest BCUT2D eigenvalue weighted by Gasteiger charge is -2.12. The predicted octanol–water partition coefficient (Wildman–Crippen LogP) is 2.13. The Balaban J connectivity index is 1.65. The van der Waals surface area contributed by atoms with E-state index >= 15 is 0 Å². The lowest BCUT2D eigenvalue weighted by atomic mass is 10.2. The van der Waals surface area contributed by atoms with Crippen molar-refractivity contribution in [2.45, 2.75) is 6.92 Å². The first kappa shape index (κ1) is 20.5. The van der Waals surface area contributed by atoms with Crippen LogP contribution >= 0.6 is 23.8 Å². The lowest BCUT2D eigenvalue weighted by Crippen LogP contribution is -2.50. The number of carbonyl (C=O) groups excluding carboxylic acids is 2. The van der Waals surface area contributed by atoms with Crippen LogP contribution in [-0.2, 0) is 9.59 Å². The zero-order valence-corrected chi connectivity index (χ0v) is 16.0. The molecule has 2 rings (SSSR count). The number of benzene rings is 2. The topological polar surface area (TPSA) is 88.7 Å². The van der Waals surface area contributed by atoms with Gasteiger partial charge in [-0.25, -0.2) is 0 Å². The first-order valence-corrected chi connectivity index (χ1v) is 8.68. The van der Waals surface area contributed by atoms with Crippen molar-refractivity contribution < 1.29 is 19.1 Å². The van der Waals surface area contributed by atoms with E-state index in [4.69, 9.17) is 33.3 Å². The second-order valence-electron chi connectivity index (χ2n) is 5.37. The minimum atomic E-state index is -0.502. The number of ether oxygens (including phenoxy) is 2. The van der Waals surface area contributed by atoms with E-state index in [9.17, 15) is 9.59 Å². The van der Waals surface area contributed by atoms with Crippen molar-refractivity contribution in [1.29, 1.82) is 0 Å². The maximum absolute atomic E-state index is 11.8. The highest BCUT2D eigenvalue weighted by atomic mass is 35.5. The monoisotopic (exact) mass is 407 g/mol. The van der Waals surface area contributed by atoms with Crippen LogP contribution in [0, 0.1) is 6.92 Å². The SMILES string of the molecule is Cc1cccc(OCC(=O)NNC(=S)NC(=O)COc2ccccc2Cl)c1. The number of carbonyl (C=O) groups is 2. The Bertz CT molecular complexity index is 832. The van der Waals surface area contributed by atoms with Crippen molar-refractivity contribution in [3.05, 3.63) is 59.1 Å². The molecule has 0 aromatic heterocycles. The molecule has 0 bridgehead atoms. The lowest BCUT2D eigenvalue weighted by molar-refractivity contribution is -0.124. The molecule has 9 heteroatoms. The molecule has 7 nitrogen and oxygen atoms in total. The Morgan fingerprint density at radius 2 is 1.74 bits per heavy atom. The van der Waals surface area contributed by atoms with Gasteiger partial charge in [-0.2, -0.15) is 0 Å². The molecule has 0 radical (unpaired) electrons. The Hall–Kier alpha value is -2.84. The van der Waals surface area contributed by atoms with E-state index in [-0.39, 0.29) is 18.3 Å². The number of hydrazine groups is 1. The van der Waals surface area contributed by atoms with Gasteiger partial charge in [-0.3, -0.25) is 25.8 Å². The molecular formula is C18H18ClN3O4S. The third-order valence-corrected chi connectivity index (χ3v) is 3.64. The third-order valence-electron chi connectivity index (χ3n) is 3.12. The van der Waals surface area contributed by atoms with Gasteiger partial charge in [0, 0.05) is 0 Å². The molecule has 0 saturated heterocycles. The highest BCUT2D eigenvalue weighted by Crippen LogP contribution is 2.22. The van der Waals surface area contributed by atoms with Gasteiger partial charge in [-0.15, -0.1) is 0 Å². The highest BCUT2D eigenvalue weighted by Gasteiger charge is 2.09. The third kappa shape index (κ3) is 7.51. The molecule has 0 aliphatic heterocycles. The highest BCUT2D eigenvalue weighted by molar-refractivity contribution is 7.80. The zero-order valence-electron chi connectivity index (χ0n) is 14.5. The van der Waals surface area contributed by atoms with E-state index in [2.05, 4.69) is 16.2 Å². The number of hydrogen-bond acceptors (Lipinski definition) is 5. The van der Waals surface area contributed by atoms with Crippen molar-refractivity contribution >= 4 is 40.7 Å². The molecular weight excluding hydrogens is 390 g/mol. The molecule has 0 saturated carbocycles. The van der Waals surface area contributed by atoms with E-state index in [1.807, 2.05) is 25.1 Å². The molecule has 0 unspecified atom stereocenters. The van der Waals surface area contributed by atoms with Crippen molar-refractivity contribution in [1.82, 2.24) is 16.2 Å². The summed E-state index contributed by atoms with van der Waals surface area (Å²) in [6.07, 6.45) is 0. The van der Waals surface area contributed by atoms with Gasteiger partial charge in [-0.1, -0.05) is 35.9 Å². The molecule has 0 aliphatic rings. The number of aryl methyl sites for hydroxylation is 1. The minimum absolute atomic E-state index is 0.0772. The molecule has 142 valence electrons. The van der Waals surface area contributed by atoms with Gasteiger partial charge < -0.3 is 9.47 Å². The molecule has 3 N–H and O–H groups in total. The van der Waals surface area contributed by atoms with Gasteiger partial charge in [0.05, 0.1) is 5.02 Å². The van der Waals surface area contributed by atoms with Crippen molar-refractivity contribution in [3.8, 4) is 11.5 Å². The summed E-state index contributed by atoms with van der Waals surface area (Å²) < 4.78 is 10.6. The van der Waals surface area contributed by atoms with Gasteiger partial charge >= 0.3 is 0 Å². The van der Waals surface area contributed by atoms with E-state index in [0.29, 0.717) is 16.5 Å². The molecule has 0 aliphatic carbocycles. The van der Waals surface area contributed by atoms with Gasteiger partial charge in [0.1, 0.15) is 11.5 Å². The molecule has 0 atom stereocenters. The Morgan fingerprint density at radius 1 is 1.00 bits per heavy atom. The number of para-hydroxylation sites is 1. The normalized spacial score (nSPS) is 9.85. The number of amides is 2. The largest absolute Gasteiger partial charge is 0.484 e. The second kappa shape index (κ2) is 10.3. The zero-order chi connectivity index (χ0) is 19.6.